The molecule has 0 bridgehead atoms. The summed E-state index contributed by atoms with van der Waals surface area (Å²) < 4.78 is 0. The van der Waals surface area contributed by atoms with Crippen LogP contribution in [0.1, 0.15) is 11.1 Å². The van der Waals surface area contributed by atoms with Crippen molar-refractivity contribution in [3.8, 4) is 0 Å². The highest BCUT2D eigenvalue weighted by atomic mass is 16.2. The van der Waals surface area contributed by atoms with Crippen LogP contribution in [0.3, 0.4) is 0 Å². The summed E-state index contributed by atoms with van der Waals surface area (Å²) in [5.74, 6) is -2.29. The van der Waals surface area contributed by atoms with Crippen LogP contribution in [0.25, 0.3) is 6.08 Å². The molecule has 0 aliphatic carbocycles. The SMILES string of the molecule is Cc1ccc(N2C(=O)C3C(C2=O)C(C(=O)Nc2ccccc2)N2c4ccccc4C=CC32)cc1. The average molecular weight is 450 g/mol. The van der Waals surface area contributed by atoms with Gasteiger partial charge in [-0.15, -0.1) is 0 Å². The van der Waals surface area contributed by atoms with E-state index in [1.54, 1.807) is 12.1 Å². The number of amides is 3. The number of aryl methyl sites for hydroxylation is 1. The van der Waals surface area contributed by atoms with Gasteiger partial charge in [-0.1, -0.05) is 66.2 Å². The van der Waals surface area contributed by atoms with Crippen LogP contribution in [0.2, 0.25) is 0 Å². The second kappa shape index (κ2) is 7.70. The molecule has 3 heterocycles. The topological polar surface area (TPSA) is 69.7 Å². The summed E-state index contributed by atoms with van der Waals surface area (Å²) in [7, 11) is 0. The minimum absolute atomic E-state index is 0.257. The molecule has 0 saturated carbocycles. The number of carbonyl (C=O) groups is 3. The van der Waals surface area contributed by atoms with Gasteiger partial charge in [0.2, 0.25) is 17.7 Å². The monoisotopic (exact) mass is 449 g/mol. The first-order valence-electron chi connectivity index (χ1n) is 11.4. The van der Waals surface area contributed by atoms with E-state index in [-0.39, 0.29) is 23.8 Å². The van der Waals surface area contributed by atoms with Crippen molar-refractivity contribution in [1.29, 1.82) is 0 Å². The Bertz CT molecular complexity index is 1330. The zero-order valence-electron chi connectivity index (χ0n) is 18.6. The molecule has 3 aliphatic rings. The average Bonchev–Trinajstić information content (AvgIpc) is 3.33. The second-order valence-corrected chi connectivity index (χ2v) is 9.01. The van der Waals surface area contributed by atoms with E-state index in [2.05, 4.69) is 5.32 Å². The molecule has 0 spiro atoms. The lowest BCUT2D eigenvalue weighted by Gasteiger charge is -2.36. The molecular weight excluding hydrogens is 426 g/mol. The van der Waals surface area contributed by atoms with Gasteiger partial charge < -0.3 is 10.2 Å². The molecule has 0 aromatic heterocycles. The lowest BCUT2D eigenvalue weighted by Crippen LogP contribution is -2.50. The molecule has 3 aliphatic heterocycles. The lowest BCUT2D eigenvalue weighted by molar-refractivity contribution is -0.126. The minimum Gasteiger partial charge on any atom is -0.351 e. The van der Waals surface area contributed by atoms with E-state index in [4.69, 9.17) is 0 Å². The number of rotatable bonds is 3. The Kier molecular flexibility index (Phi) is 4.62. The standard InChI is InChI=1S/C28H23N3O3/c1-17-11-14-20(15-12-17)30-27(33)23-22-16-13-18-7-5-6-10-21(18)31(22)25(24(23)28(30)34)26(32)29-19-8-3-2-4-9-19/h2-16,22-25H,1H3,(H,29,32). The molecule has 4 atom stereocenters. The molecule has 0 radical (unpaired) electrons. The molecule has 3 aromatic carbocycles. The van der Waals surface area contributed by atoms with Crippen LogP contribution >= 0.6 is 0 Å². The molecule has 6 heteroatoms. The highest BCUT2D eigenvalue weighted by Gasteiger charge is 2.64. The van der Waals surface area contributed by atoms with E-state index < -0.39 is 17.9 Å². The maximum Gasteiger partial charge on any atom is 0.247 e. The molecule has 6 rings (SSSR count). The largest absolute Gasteiger partial charge is 0.351 e. The summed E-state index contributed by atoms with van der Waals surface area (Å²) in [6, 6.07) is 23.1. The van der Waals surface area contributed by atoms with Crippen molar-refractivity contribution in [1.82, 2.24) is 0 Å². The number of hydrogen-bond donors (Lipinski definition) is 1. The highest BCUT2D eigenvalue weighted by molar-refractivity contribution is 6.25. The van der Waals surface area contributed by atoms with Crippen LogP contribution in [0, 0.1) is 18.8 Å². The first-order valence-corrected chi connectivity index (χ1v) is 11.4. The number of nitrogens with zero attached hydrogens (tertiary/aromatic N) is 2. The van der Waals surface area contributed by atoms with Crippen LogP contribution in [-0.2, 0) is 14.4 Å². The Labute approximate surface area is 197 Å². The van der Waals surface area contributed by atoms with Crippen molar-refractivity contribution in [2.24, 2.45) is 11.8 Å². The van der Waals surface area contributed by atoms with Crippen molar-refractivity contribution < 1.29 is 14.4 Å². The molecule has 34 heavy (non-hydrogen) atoms. The molecule has 2 saturated heterocycles. The molecule has 3 aromatic rings. The van der Waals surface area contributed by atoms with Crippen LogP contribution in [0.5, 0.6) is 0 Å². The van der Waals surface area contributed by atoms with E-state index in [1.165, 1.54) is 4.90 Å². The van der Waals surface area contributed by atoms with Gasteiger partial charge in [-0.25, -0.2) is 4.90 Å². The number of para-hydroxylation sites is 2. The number of imide groups is 1. The summed E-state index contributed by atoms with van der Waals surface area (Å²) in [4.78, 5) is 44.4. The predicted molar refractivity (Wildman–Crippen MR) is 131 cm³/mol. The van der Waals surface area contributed by atoms with Crippen LogP contribution in [-0.4, -0.2) is 29.8 Å². The third-order valence-electron chi connectivity index (χ3n) is 7.02. The third kappa shape index (κ3) is 2.99. The Hall–Kier alpha value is -4.19. The summed E-state index contributed by atoms with van der Waals surface area (Å²) >= 11 is 0. The third-order valence-corrected chi connectivity index (χ3v) is 7.02. The summed E-state index contributed by atoms with van der Waals surface area (Å²) in [6.07, 6.45) is 3.94. The summed E-state index contributed by atoms with van der Waals surface area (Å²) in [5.41, 5.74) is 4.07. The zero-order valence-corrected chi connectivity index (χ0v) is 18.6. The van der Waals surface area contributed by atoms with Gasteiger partial charge in [0.1, 0.15) is 6.04 Å². The fourth-order valence-electron chi connectivity index (χ4n) is 5.50. The van der Waals surface area contributed by atoms with Crippen molar-refractivity contribution in [2.75, 3.05) is 15.1 Å². The smallest absolute Gasteiger partial charge is 0.247 e. The molecule has 168 valence electrons. The van der Waals surface area contributed by atoms with Crippen molar-refractivity contribution in [3.63, 3.8) is 0 Å². The van der Waals surface area contributed by atoms with Gasteiger partial charge in [0.25, 0.3) is 0 Å². The Balaban J connectivity index is 1.44. The summed E-state index contributed by atoms with van der Waals surface area (Å²) in [6.45, 7) is 1.96. The van der Waals surface area contributed by atoms with E-state index in [0.29, 0.717) is 11.4 Å². The molecule has 4 unspecified atom stereocenters. The van der Waals surface area contributed by atoms with Crippen molar-refractivity contribution in [2.45, 2.75) is 19.0 Å². The Morgan fingerprint density at radius 3 is 2.26 bits per heavy atom. The number of anilines is 3. The fraction of sp³-hybridized carbons (Fsp3) is 0.179. The number of hydrogen-bond acceptors (Lipinski definition) is 4. The minimum atomic E-state index is -0.812. The highest BCUT2D eigenvalue weighted by Crippen LogP contribution is 2.49. The van der Waals surface area contributed by atoms with Crippen molar-refractivity contribution in [3.05, 3.63) is 96.1 Å². The normalized spacial score (nSPS) is 24.6. The number of nitrogens with one attached hydrogen (secondary N) is 1. The fourth-order valence-corrected chi connectivity index (χ4v) is 5.50. The first-order chi connectivity index (χ1) is 16.5. The van der Waals surface area contributed by atoms with E-state index in [9.17, 15) is 14.4 Å². The van der Waals surface area contributed by atoms with Gasteiger partial charge in [0.15, 0.2) is 0 Å². The van der Waals surface area contributed by atoms with Crippen LogP contribution in [0.4, 0.5) is 17.1 Å². The maximum atomic E-state index is 13.8. The second-order valence-electron chi connectivity index (χ2n) is 9.01. The van der Waals surface area contributed by atoms with Gasteiger partial charge in [0, 0.05) is 11.4 Å². The molecule has 1 N–H and O–H groups in total. The number of carbonyl (C=O) groups excluding carboxylic acids is 3. The van der Waals surface area contributed by atoms with E-state index in [0.717, 1.165) is 16.8 Å². The van der Waals surface area contributed by atoms with Gasteiger partial charge in [-0.3, -0.25) is 14.4 Å². The Morgan fingerprint density at radius 2 is 1.50 bits per heavy atom. The first kappa shape index (κ1) is 20.4. The zero-order chi connectivity index (χ0) is 23.4. The number of benzene rings is 3. The molecule has 3 amide bonds. The maximum absolute atomic E-state index is 13.8. The van der Waals surface area contributed by atoms with Crippen LogP contribution < -0.4 is 15.1 Å². The molecular formula is C28H23N3O3. The number of fused-ring (bicyclic) bond motifs is 5. The molecule has 6 nitrogen and oxygen atoms in total. The van der Waals surface area contributed by atoms with Crippen LogP contribution in [0.15, 0.2) is 84.9 Å². The quantitative estimate of drug-likeness (QED) is 0.613. The van der Waals surface area contributed by atoms with E-state index in [1.807, 2.05) is 90.7 Å². The lowest BCUT2D eigenvalue weighted by atomic mass is 9.88. The van der Waals surface area contributed by atoms with Gasteiger partial charge in [-0.2, -0.15) is 0 Å². The summed E-state index contributed by atoms with van der Waals surface area (Å²) in [5, 5.41) is 2.97. The van der Waals surface area contributed by atoms with Gasteiger partial charge in [-0.05, 0) is 42.8 Å². The Morgan fingerprint density at radius 1 is 0.824 bits per heavy atom. The van der Waals surface area contributed by atoms with E-state index >= 15 is 0 Å². The molecule has 2 fully saturated rings. The van der Waals surface area contributed by atoms with Gasteiger partial charge in [0.05, 0.1) is 23.6 Å². The predicted octanol–water partition coefficient (Wildman–Crippen LogP) is 4.02. The van der Waals surface area contributed by atoms with Gasteiger partial charge >= 0.3 is 0 Å². The van der Waals surface area contributed by atoms with Crippen molar-refractivity contribution >= 4 is 40.9 Å².